The highest BCUT2D eigenvalue weighted by atomic mass is 19.1. The topological polar surface area (TPSA) is 63.6 Å². The molecule has 2 aromatic rings. The molecule has 2 aromatic carbocycles. The molecule has 0 unspecified atom stereocenters. The van der Waals surface area contributed by atoms with Crippen LogP contribution in [-0.4, -0.2) is 17.0 Å². The monoisotopic (exact) mass is 286 g/mol. The summed E-state index contributed by atoms with van der Waals surface area (Å²) < 4.78 is 18.8. The van der Waals surface area contributed by atoms with Gasteiger partial charge in [0, 0.05) is 5.56 Å². The van der Waals surface area contributed by atoms with Gasteiger partial charge in [-0.2, -0.15) is 0 Å². The maximum Gasteiger partial charge on any atom is 0.375 e. The van der Waals surface area contributed by atoms with Crippen molar-refractivity contribution >= 4 is 17.8 Å². The number of rotatable bonds is 4. The Kier molecular flexibility index (Phi) is 4.46. The summed E-state index contributed by atoms with van der Waals surface area (Å²) in [7, 11) is 0. The molecule has 0 amide bonds. The minimum atomic E-state index is -1.65. The van der Waals surface area contributed by atoms with Gasteiger partial charge in [0.05, 0.1) is 5.56 Å². The Morgan fingerprint density at radius 1 is 0.857 bits per heavy atom. The number of esters is 1. The van der Waals surface area contributed by atoms with Crippen LogP contribution in [0.5, 0.6) is 0 Å². The Morgan fingerprint density at radius 2 is 1.33 bits per heavy atom. The van der Waals surface area contributed by atoms with Gasteiger partial charge in [-0.15, -0.1) is 0 Å². The lowest BCUT2D eigenvalue weighted by atomic mass is 10.2. The number of carbonyl (C=O) groups is 2. The Labute approximate surface area is 120 Å². The van der Waals surface area contributed by atoms with Crippen LogP contribution in [0.2, 0.25) is 0 Å². The molecule has 1 N–H and O–H groups in total. The fourth-order valence-electron chi connectivity index (χ4n) is 1.62. The highest BCUT2D eigenvalue weighted by Gasteiger charge is 2.22. The van der Waals surface area contributed by atoms with Crippen LogP contribution in [0, 0.1) is 0 Å². The summed E-state index contributed by atoms with van der Waals surface area (Å²) in [5.74, 6) is -4.72. The van der Waals surface area contributed by atoms with Gasteiger partial charge in [-0.3, -0.25) is 0 Å². The summed E-state index contributed by atoms with van der Waals surface area (Å²) in [6.45, 7) is 0. The minimum absolute atomic E-state index is 0.0239. The third kappa shape index (κ3) is 3.54. The second-order valence-corrected chi connectivity index (χ2v) is 4.07. The lowest BCUT2D eigenvalue weighted by Gasteiger charge is -2.07. The molecule has 0 radical (unpaired) electrons. The van der Waals surface area contributed by atoms with Gasteiger partial charge < -0.3 is 9.84 Å². The fourth-order valence-corrected chi connectivity index (χ4v) is 1.62. The molecule has 106 valence electrons. The summed E-state index contributed by atoms with van der Waals surface area (Å²) in [5.41, 5.74) is 0.160. The molecule has 0 bridgehead atoms. The van der Waals surface area contributed by atoms with Crippen molar-refractivity contribution in [2.75, 3.05) is 0 Å². The number of aliphatic carboxylic acids is 1. The number of carbonyl (C=O) groups excluding carboxylic acids is 1. The van der Waals surface area contributed by atoms with Gasteiger partial charge >= 0.3 is 11.9 Å². The number of benzene rings is 2. The van der Waals surface area contributed by atoms with Gasteiger partial charge in [0.15, 0.2) is 5.83 Å². The van der Waals surface area contributed by atoms with Crippen LogP contribution in [-0.2, 0) is 9.53 Å². The molecular formula is C16H11FO4. The van der Waals surface area contributed by atoms with Crippen molar-refractivity contribution in [3.8, 4) is 0 Å². The number of ether oxygens (including phenoxy) is 1. The van der Waals surface area contributed by atoms with Crippen molar-refractivity contribution in [2.45, 2.75) is 0 Å². The smallest absolute Gasteiger partial charge is 0.375 e. The molecule has 0 saturated heterocycles. The summed E-state index contributed by atoms with van der Waals surface area (Å²) >= 11 is 0. The first-order valence-corrected chi connectivity index (χ1v) is 6.05. The number of halogens is 1. The lowest BCUT2D eigenvalue weighted by Crippen LogP contribution is -2.13. The maximum absolute atomic E-state index is 14.1. The average Bonchev–Trinajstić information content (AvgIpc) is 2.53. The summed E-state index contributed by atoms with van der Waals surface area (Å²) in [6.07, 6.45) is 0. The molecule has 0 aliphatic carbocycles. The Hall–Kier alpha value is -2.95. The second kappa shape index (κ2) is 6.47. The molecule has 5 heteroatoms. The van der Waals surface area contributed by atoms with Gasteiger partial charge in [0.25, 0.3) is 5.76 Å². The van der Waals surface area contributed by atoms with E-state index in [4.69, 9.17) is 5.11 Å². The SMILES string of the molecule is O=C(O)C(OC(=O)c1ccccc1)=C(F)c1ccccc1. The molecule has 4 nitrogen and oxygen atoms in total. The minimum Gasteiger partial charge on any atom is -0.475 e. The molecule has 0 saturated carbocycles. The molecule has 0 heterocycles. The van der Waals surface area contributed by atoms with Crippen molar-refractivity contribution in [3.63, 3.8) is 0 Å². The van der Waals surface area contributed by atoms with Crippen molar-refractivity contribution in [2.24, 2.45) is 0 Å². The highest BCUT2D eigenvalue weighted by Crippen LogP contribution is 2.22. The van der Waals surface area contributed by atoms with E-state index >= 15 is 0 Å². The van der Waals surface area contributed by atoms with Crippen LogP contribution in [0.4, 0.5) is 4.39 Å². The van der Waals surface area contributed by atoms with Crippen molar-refractivity contribution < 1.29 is 23.8 Å². The van der Waals surface area contributed by atoms with E-state index in [0.717, 1.165) is 0 Å². The van der Waals surface area contributed by atoms with Crippen molar-refractivity contribution in [1.82, 2.24) is 0 Å². The molecule has 2 rings (SSSR count). The van der Waals surface area contributed by atoms with E-state index in [1.54, 1.807) is 36.4 Å². The normalized spacial score (nSPS) is 11.5. The Bertz CT molecular complexity index is 678. The van der Waals surface area contributed by atoms with Crippen LogP contribution in [0.25, 0.3) is 5.83 Å². The number of carboxylic acids is 1. The molecule has 0 spiro atoms. The van der Waals surface area contributed by atoms with Crippen molar-refractivity contribution in [1.29, 1.82) is 0 Å². The molecular weight excluding hydrogens is 275 g/mol. The van der Waals surface area contributed by atoms with E-state index < -0.39 is 23.5 Å². The number of hydrogen-bond acceptors (Lipinski definition) is 3. The molecule has 0 aliphatic heterocycles. The maximum atomic E-state index is 14.1. The van der Waals surface area contributed by atoms with Crippen LogP contribution < -0.4 is 0 Å². The van der Waals surface area contributed by atoms with Gasteiger partial charge in [0.2, 0.25) is 0 Å². The van der Waals surface area contributed by atoms with E-state index in [9.17, 15) is 14.0 Å². The number of hydrogen-bond donors (Lipinski definition) is 1. The van der Waals surface area contributed by atoms with E-state index in [-0.39, 0.29) is 11.1 Å². The molecule has 0 fully saturated rings. The third-order valence-electron chi connectivity index (χ3n) is 2.63. The van der Waals surface area contributed by atoms with E-state index in [2.05, 4.69) is 4.74 Å². The quantitative estimate of drug-likeness (QED) is 0.532. The van der Waals surface area contributed by atoms with Crippen LogP contribution in [0.1, 0.15) is 15.9 Å². The van der Waals surface area contributed by atoms with Gasteiger partial charge in [-0.25, -0.2) is 14.0 Å². The largest absolute Gasteiger partial charge is 0.475 e. The standard InChI is InChI=1S/C16H11FO4/c17-13(11-7-3-1-4-8-11)14(15(18)19)21-16(20)12-9-5-2-6-10-12/h1-10H,(H,18,19). The third-order valence-corrected chi connectivity index (χ3v) is 2.63. The molecule has 21 heavy (non-hydrogen) atoms. The zero-order valence-corrected chi connectivity index (χ0v) is 10.8. The van der Waals surface area contributed by atoms with Crippen LogP contribution in [0.3, 0.4) is 0 Å². The van der Waals surface area contributed by atoms with Gasteiger partial charge in [-0.1, -0.05) is 48.5 Å². The predicted octanol–water partition coefficient (Wildman–Crippen LogP) is 3.27. The zero-order chi connectivity index (χ0) is 15.2. The van der Waals surface area contributed by atoms with Gasteiger partial charge in [0.1, 0.15) is 0 Å². The van der Waals surface area contributed by atoms with Crippen molar-refractivity contribution in [3.05, 3.63) is 77.5 Å². The average molecular weight is 286 g/mol. The summed E-state index contributed by atoms with van der Waals surface area (Å²) in [5, 5.41) is 9.03. The predicted molar refractivity (Wildman–Crippen MR) is 74.0 cm³/mol. The van der Waals surface area contributed by atoms with E-state index in [1.165, 1.54) is 24.3 Å². The van der Waals surface area contributed by atoms with Crippen LogP contribution in [0.15, 0.2) is 66.4 Å². The second-order valence-electron chi connectivity index (χ2n) is 4.07. The zero-order valence-electron chi connectivity index (χ0n) is 10.8. The van der Waals surface area contributed by atoms with Crippen LogP contribution >= 0.6 is 0 Å². The van der Waals surface area contributed by atoms with Gasteiger partial charge in [-0.05, 0) is 12.1 Å². The first-order chi connectivity index (χ1) is 10.1. The molecule has 0 atom stereocenters. The number of carboxylic acid groups (broad SMARTS) is 1. The molecule has 0 aliphatic rings. The first kappa shape index (κ1) is 14.5. The first-order valence-electron chi connectivity index (χ1n) is 6.05. The Balaban J connectivity index is 2.33. The molecule has 0 aromatic heterocycles. The Morgan fingerprint density at radius 3 is 1.81 bits per heavy atom. The lowest BCUT2D eigenvalue weighted by molar-refractivity contribution is -0.135. The summed E-state index contributed by atoms with van der Waals surface area (Å²) in [6, 6.07) is 15.3. The van der Waals surface area contributed by atoms with E-state index in [0.29, 0.717) is 0 Å². The van der Waals surface area contributed by atoms with E-state index in [1.807, 2.05) is 0 Å². The highest BCUT2D eigenvalue weighted by molar-refractivity contribution is 5.98. The fraction of sp³-hybridized carbons (Fsp3) is 0. The summed E-state index contributed by atoms with van der Waals surface area (Å²) in [4.78, 5) is 22.9.